The Hall–Kier alpha value is -2.67. The van der Waals surface area contributed by atoms with Gasteiger partial charge in [-0.05, 0) is 48.7 Å². The fourth-order valence-electron chi connectivity index (χ4n) is 3.01. The second-order valence-corrected chi connectivity index (χ2v) is 8.42. The first-order chi connectivity index (χ1) is 12.8. The number of halogens is 1. The molecular formula is C20H20FNO4S. The molecule has 5 nitrogen and oxygen atoms in total. The second-order valence-electron chi connectivity index (χ2n) is 6.14. The minimum absolute atomic E-state index is 0.0386. The molecule has 3 rings (SSSR count). The minimum Gasteiger partial charge on any atom is -0.493 e. The summed E-state index contributed by atoms with van der Waals surface area (Å²) >= 11 is 0. The van der Waals surface area contributed by atoms with E-state index in [2.05, 4.69) is 0 Å². The van der Waals surface area contributed by atoms with Gasteiger partial charge in [-0.3, -0.25) is 4.79 Å². The van der Waals surface area contributed by atoms with Crippen LogP contribution in [0.2, 0.25) is 0 Å². The lowest BCUT2D eigenvalue weighted by Gasteiger charge is -2.15. The molecule has 142 valence electrons. The van der Waals surface area contributed by atoms with E-state index < -0.39 is 15.7 Å². The third-order valence-corrected chi connectivity index (χ3v) is 6.16. The van der Waals surface area contributed by atoms with Crippen molar-refractivity contribution in [3.05, 3.63) is 58.8 Å². The molecule has 2 aromatic carbocycles. The molecule has 7 heteroatoms. The van der Waals surface area contributed by atoms with Crippen molar-refractivity contribution in [3.8, 4) is 16.9 Å². The SMILES string of the molecule is CCOc1ccc(S(=O)(=O)CC)cc1-c1cn(C)c(=O)c2ccc(F)cc12. The monoisotopic (exact) mass is 389 g/mol. The van der Waals surface area contributed by atoms with E-state index in [0.717, 1.165) is 0 Å². The second kappa shape index (κ2) is 7.15. The van der Waals surface area contributed by atoms with E-state index in [0.29, 0.717) is 34.3 Å². The topological polar surface area (TPSA) is 65.4 Å². The summed E-state index contributed by atoms with van der Waals surface area (Å²) in [6.45, 7) is 3.77. The average molecular weight is 389 g/mol. The van der Waals surface area contributed by atoms with Gasteiger partial charge in [0.15, 0.2) is 9.84 Å². The zero-order valence-electron chi connectivity index (χ0n) is 15.3. The predicted octanol–water partition coefficient (Wildman–Crippen LogP) is 3.54. The van der Waals surface area contributed by atoms with Crippen molar-refractivity contribution in [1.82, 2.24) is 4.57 Å². The van der Waals surface area contributed by atoms with Crippen LogP contribution in [0.15, 0.2) is 52.3 Å². The number of fused-ring (bicyclic) bond motifs is 1. The summed E-state index contributed by atoms with van der Waals surface area (Å²) < 4.78 is 45.6. The lowest BCUT2D eigenvalue weighted by Crippen LogP contribution is -2.16. The zero-order valence-corrected chi connectivity index (χ0v) is 16.1. The first-order valence-corrected chi connectivity index (χ1v) is 10.2. The number of hydrogen-bond donors (Lipinski definition) is 0. The van der Waals surface area contributed by atoms with Crippen LogP contribution in [-0.4, -0.2) is 25.3 Å². The van der Waals surface area contributed by atoms with Crippen LogP contribution >= 0.6 is 0 Å². The van der Waals surface area contributed by atoms with Crippen LogP contribution in [-0.2, 0) is 16.9 Å². The van der Waals surface area contributed by atoms with Crippen LogP contribution in [0.3, 0.4) is 0 Å². The molecule has 0 radical (unpaired) electrons. The molecule has 0 spiro atoms. The highest BCUT2D eigenvalue weighted by Gasteiger charge is 2.18. The molecule has 0 unspecified atom stereocenters. The van der Waals surface area contributed by atoms with Gasteiger partial charge in [0.2, 0.25) is 0 Å². The third-order valence-electron chi connectivity index (χ3n) is 4.43. The van der Waals surface area contributed by atoms with Crippen LogP contribution in [0, 0.1) is 5.82 Å². The first kappa shape index (κ1) is 19.1. The number of hydrogen-bond acceptors (Lipinski definition) is 4. The molecule has 3 aromatic rings. The highest BCUT2D eigenvalue weighted by molar-refractivity contribution is 7.91. The van der Waals surface area contributed by atoms with E-state index in [9.17, 15) is 17.6 Å². The van der Waals surface area contributed by atoms with Crippen molar-refractivity contribution in [1.29, 1.82) is 0 Å². The van der Waals surface area contributed by atoms with Gasteiger partial charge in [0.1, 0.15) is 11.6 Å². The Morgan fingerprint density at radius 3 is 2.44 bits per heavy atom. The van der Waals surface area contributed by atoms with Crippen LogP contribution in [0.25, 0.3) is 21.9 Å². The normalized spacial score (nSPS) is 11.7. The summed E-state index contributed by atoms with van der Waals surface area (Å²) in [5.74, 6) is -0.0487. The summed E-state index contributed by atoms with van der Waals surface area (Å²) in [4.78, 5) is 12.6. The molecule has 27 heavy (non-hydrogen) atoms. The van der Waals surface area contributed by atoms with Gasteiger partial charge in [-0.15, -0.1) is 0 Å². The van der Waals surface area contributed by atoms with Crippen molar-refractivity contribution < 1.29 is 17.5 Å². The van der Waals surface area contributed by atoms with Gasteiger partial charge in [-0.2, -0.15) is 0 Å². The van der Waals surface area contributed by atoms with Gasteiger partial charge in [0.25, 0.3) is 5.56 Å². The van der Waals surface area contributed by atoms with Gasteiger partial charge in [0, 0.05) is 29.8 Å². The highest BCUT2D eigenvalue weighted by atomic mass is 32.2. The van der Waals surface area contributed by atoms with Crippen LogP contribution in [0.1, 0.15) is 13.8 Å². The van der Waals surface area contributed by atoms with E-state index in [-0.39, 0.29) is 16.2 Å². The molecule has 0 N–H and O–H groups in total. The van der Waals surface area contributed by atoms with Crippen molar-refractivity contribution >= 4 is 20.6 Å². The molecule has 0 saturated carbocycles. The Kier molecular flexibility index (Phi) is 5.06. The molecule has 0 fully saturated rings. The van der Waals surface area contributed by atoms with Crippen molar-refractivity contribution in [2.24, 2.45) is 7.05 Å². The molecule has 0 aliphatic carbocycles. The number of aryl methyl sites for hydroxylation is 1. The van der Waals surface area contributed by atoms with E-state index in [1.165, 1.54) is 34.9 Å². The van der Waals surface area contributed by atoms with Crippen LogP contribution in [0.4, 0.5) is 4.39 Å². The molecule has 1 heterocycles. The molecule has 1 aromatic heterocycles. The number of sulfone groups is 1. The maximum Gasteiger partial charge on any atom is 0.258 e. The smallest absolute Gasteiger partial charge is 0.258 e. The summed E-state index contributed by atoms with van der Waals surface area (Å²) in [6, 6.07) is 8.56. The molecule has 0 amide bonds. The zero-order chi connectivity index (χ0) is 19.8. The molecule has 0 bridgehead atoms. The first-order valence-electron chi connectivity index (χ1n) is 8.57. The van der Waals surface area contributed by atoms with Gasteiger partial charge in [-0.1, -0.05) is 6.92 Å². The van der Waals surface area contributed by atoms with E-state index in [4.69, 9.17) is 4.74 Å². The number of nitrogens with zero attached hydrogens (tertiary/aromatic N) is 1. The summed E-state index contributed by atoms with van der Waals surface area (Å²) in [6.07, 6.45) is 1.57. The molecule has 0 saturated heterocycles. The highest BCUT2D eigenvalue weighted by Crippen LogP contribution is 2.36. The standard InChI is InChI=1S/C20H20FNO4S/c1-4-26-19-9-7-14(27(24,25)5-2)11-17(19)18-12-22(3)20(23)15-8-6-13(21)10-16(15)18/h6-12H,4-5H2,1-3H3. The number of aromatic nitrogens is 1. The number of benzene rings is 2. The molecule has 0 aliphatic heterocycles. The lowest BCUT2D eigenvalue weighted by atomic mass is 9.99. The van der Waals surface area contributed by atoms with E-state index in [1.807, 2.05) is 6.92 Å². The minimum atomic E-state index is -3.44. The van der Waals surface area contributed by atoms with Gasteiger partial charge in [0.05, 0.1) is 17.3 Å². The van der Waals surface area contributed by atoms with E-state index >= 15 is 0 Å². The number of rotatable bonds is 5. The van der Waals surface area contributed by atoms with Crippen LogP contribution in [0.5, 0.6) is 5.75 Å². The summed E-state index contributed by atoms with van der Waals surface area (Å²) in [7, 11) is -1.84. The molecule has 0 aliphatic rings. The van der Waals surface area contributed by atoms with Crippen molar-refractivity contribution in [3.63, 3.8) is 0 Å². The van der Waals surface area contributed by atoms with Crippen LogP contribution < -0.4 is 10.3 Å². The molecular weight excluding hydrogens is 369 g/mol. The fourth-order valence-corrected chi connectivity index (χ4v) is 3.92. The Morgan fingerprint density at radius 2 is 1.78 bits per heavy atom. The Morgan fingerprint density at radius 1 is 1.04 bits per heavy atom. The average Bonchev–Trinajstić information content (AvgIpc) is 2.65. The van der Waals surface area contributed by atoms with E-state index in [1.54, 1.807) is 26.2 Å². The number of pyridine rings is 1. The Bertz CT molecular complexity index is 1180. The maximum absolute atomic E-state index is 13.9. The van der Waals surface area contributed by atoms with Gasteiger partial charge >= 0.3 is 0 Å². The lowest BCUT2D eigenvalue weighted by molar-refractivity contribution is 0.341. The third kappa shape index (κ3) is 3.47. The Balaban J connectivity index is 2.42. The predicted molar refractivity (Wildman–Crippen MR) is 103 cm³/mol. The fraction of sp³-hybridized carbons (Fsp3) is 0.250. The quantitative estimate of drug-likeness (QED) is 0.670. The number of ether oxygens (including phenoxy) is 1. The van der Waals surface area contributed by atoms with Crippen molar-refractivity contribution in [2.45, 2.75) is 18.7 Å². The van der Waals surface area contributed by atoms with Gasteiger partial charge in [-0.25, -0.2) is 12.8 Å². The largest absolute Gasteiger partial charge is 0.493 e. The maximum atomic E-state index is 13.9. The Labute approximate surface area is 156 Å². The van der Waals surface area contributed by atoms with Crippen molar-refractivity contribution in [2.75, 3.05) is 12.4 Å². The van der Waals surface area contributed by atoms with Gasteiger partial charge < -0.3 is 9.30 Å². The molecule has 0 atom stereocenters. The summed E-state index contributed by atoms with van der Waals surface area (Å²) in [5.41, 5.74) is 0.768. The summed E-state index contributed by atoms with van der Waals surface area (Å²) in [5, 5.41) is 0.757.